The summed E-state index contributed by atoms with van der Waals surface area (Å²) in [7, 11) is -4.00. The minimum atomic E-state index is -4.00. The maximum absolute atomic E-state index is 13.2. The van der Waals surface area contributed by atoms with Crippen molar-refractivity contribution in [2.75, 3.05) is 4.72 Å². The summed E-state index contributed by atoms with van der Waals surface area (Å²) >= 11 is 6.27. The highest BCUT2D eigenvalue weighted by atomic mass is 35.5. The third kappa shape index (κ3) is 5.71. The second-order valence-electron chi connectivity index (χ2n) is 9.24. The molecule has 0 aromatic heterocycles. The second kappa shape index (κ2) is 10.4. The minimum absolute atomic E-state index is 0.0566. The van der Waals surface area contributed by atoms with Crippen LogP contribution in [0.5, 0.6) is 0 Å². The molecule has 1 amide bonds. The molecule has 0 saturated heterocycles. The van der Waals surface area contributed by atoms with Gasteiger partial charge in [-0.25, -0.2) is 8.42 Å². The molecule has 3 aromatic rings. The molecule has 5 nitrogen and oxygen atoms in total. The number of hydrogen-bond acceptors (Lipinski definition) is 3. The van der Waals surface area contributed by atoms with Crippen LogP contribution in [0.1, 0.15) is 70.4 Å². The topological polar surface area (TPSA) is 75.3 Å². The fourth-order valence-electron chi connectivity index (χ4n) is 4.53. The molecule has 0 bridgehead atoms. The monoisotopic (exact) mass is 510 g/mol. The van der Waals surface area contributed by atoms with Crippen LogP contribution in [0.4, 0.5) is 5.69 Å². The summed E-state index contributed by atoms with van der Waals surface area (Å²) in [5, 5.41) is 3.13. The van der Waals surface area contributed by atoms with Crippen LogP contribution in [0.15, 0.2) is 59.5 Å². The van der Waals surface area contributed by atoms with E-state index in [0.29, 0.717) is 5.69 Å². The number of hydrogen-bond donors (Lipinski definition) is 2. The number of aryl methyl sites for hydroxylation is 4. The largest absolute Gasteiger partial charge is 0.345 e. The number of carbonyl (C=O) groups excluding carboxylic acids is 1. The average Bonchev–Trinajstić information content (AvgIpc) is 2.84. The highest BCUT2D eigenvalue weighted by molar-refractivity contribution is 7.92. The number of fused-ring (bicyclic) bond motifs is 1. The first kappa shape index (κ1) is 25.3. The van der Waals surface area contributed by atoms with Gasteiger partial charge in [0.15, 0.2) is 0 Å². The number of anilines is 1. The second-order valence-corrected chi connectivity index (χ2v) is 11.3. The third-order valence-electron chi connectivity index (χ3n) is 6.61. The Morgan fingerprint density at radius 3 is 2.46 bits per heavy atom. The molecule has 0 unspecified atom stereocenters. The van der Waals surface area contributed by atoms with Crippen LogP contribution in [-0.2, 0) is 22.9 Å². The Hall–Kier alpha value is -2.83. The maximum Gasteiger partial charge on any atom is 0.263 e. The van der Waals surface area contributed by atoms with Crippen LogP contribution < -0.4 is 10.0 Å². The van der Waals surface area contributed by atoms with E-state index in [0.717, 1.165) is 36.0 Å². The quantitative estimate of drug-likeness (QED) is 0.380. The molecule has 2 N–H and O–H groups in total. The Labute approximate surface area is 213 Å². The van der Waals surface area contributed by atoms with Crippen molar-refractivity contribution >= 4 is 33.2 Å². The Bertz CT molecular complexity index is 1370. The molecule has 35 heavy (non-hydrogen) atoms. The summed E-state index contributed by atoms with van der Waals surface area (Å²) in [6, 6.07) is 16.2. The predicted octanol–water partition coefficient (Wildman–Crippen LogP) is 6.52. The number of benzene rings is 3. The molecule has 0 heterocycles. The van der Waals surface area contributed by atoms with Gasteiger partial charge in [-0.15, -0.1) is 0 Å². The summed E-state index contributed by atoms with van der Waals surface area (Å²) in [6.45, 7) is 5.74. The van der Waals surface area contributed by atoms with E-state index in [1.165, 1.54) is 36.1 Å². The van der Waals surface area contributed by atoms with E-state index in [4.69, 9.17) is 11.6 Å². The van der Waals surface area contributed by atoms with E-state index in [1.54, 1.807) is 12.1 Å². The lowest BCUT2D eigenvalue weighted by Gasteiger charge is -2.22. The average molecular weight is 511 g/mol. The van der Waals surface area contributed by atoms with E-state index in [1.807, 2.05) is 32.9 Å². The number of halogens is 1. The van der Waals surface area contributed by atoms with Crippen molar-refractivity contribution in [3.05, 3.63) is 93.0 Å². The van der Waals surface area contributed by atoms with Gasteiger partial charge in [0, 0.05) is 5.56 Å². The zero-order chi connectivity index (χ0) is 25.2. The lowest BCUT2D eigenvalue weighted by atomic mass is 9.88. The number of carbonyl (C=O) groups is 1. The molecule has 184 valence electrons. The highest BCUT2D eigenvalue weighted by Gasteiger charge is 2.23. The molecular weight excluding hydrogens is 480 g/mol. The molecule has 7 heteroatoms. The van der Waals surface area contributed by atoms with Gasteiger partial charge in [0.25, 0.3) is 15.9 Å². The van der Waals surface area contributed by atoms with Crippen molar-refractivity contribution in [2.24, 2.45) is 0 Å². The van der Waals surface area contributed by atoms with Crippen LogP contribution in [0.2, 0.25) is 5.02 Å². The van der Waals surface area contributed by atoms with Gasteiger partial charge in [-0.3, -0.25) is 9.52 Å². The molecule has 1 aliphatic carbocycles. The lowest BCUT2D eigenvalue weighted by Crippen LogP contribution is -2.28. The summed E-state index contributed by atoms with van der Waals surface area (Å²) in [4.78, 5) is 13.0. The van der Waals surface area contributed by atoms with Gasteiger partial charge >= 0.3 is 0 Å². The number of nitrogens with one attached hydrogen (secondary N) is 2. The van der Waals surface area contributed by atoms with Gasteiger partial charge in [-0.05, 0) is 98.0 Å². The molecule has 0 saturated carbocycles. The normalized spacial score (nSPS) is 14.2. The lowest BCUT2D eigenvalue weighted by molar-refractivity contribution is 0.0935. The number of amides is 1. The summed E-state index contributed by atoms with van der Waals surface area (Å²) in [5.41, 5.74) is 6.27. The van der Waals surface area contributed by atoms with Crippen LogP contribution in [0.25, 0.3) is 0 Å². The van der Waals surface area contributed by atoms with Gasteiger partial charge in [-0.2, -0.15) is 0 Å². The van der Waals surface area contributed by atoms with Crippen LogP contribution in [0.3, 0.4) is 0 Å². The van der Waals surface area contributed by atoms with E-state index in [9.17, 15) is 13.2 Å². The summed E-state index contributed by atoms with van der Waals surface area (Å²) < 4.78 is 29.0. The first-order valence-electron chi connectivity index (χ1n) is 12.0. The number of rotatable bonds is 7. The van der Waals surface area contributed by atoms with Crippen LogP contribution in [0, 0.1) is 13.8 Å². The van der Waals surface area contributed by atoms with Crippen LogP contribution in [-0.4, -0.2) is 14.3 Å². The molecule has 1 aliphatic rings. The summed E-state index contributed by atoms with van der Waals surface area (Å²) in [5.74, 6) is -0.338. The minimum Gasteiger partial charge on any atom is -0.345 e. The van der Waals surface area contributed by atoms with Crippen molar-refractivity contribution in [2.45, 2.75) is 63.8 Å². The summed E-state index contributed by atoms with van der Waals surface area (Å²) in [6.07, 6.45) is 5.31. The van der Waals surface area contributed by atoms with Gasteiger partial charge in [0.1, 0.15) is 4.90 Å². The molecular formula is C28H31ClN2O3S. The Morgan fingerprint density at radius 2 is 1.71 bits per heavy atom. The first-order valence-corrected chi connectivity index (χ1v) is 13.9. The molecule has 3 aromatic carbocycles. The van der Waals surface area contributed by atoms with Crippen molar-refractivity contribution in [1.29, 1.82) is 0 Å². The Kier molecular flexibility index (Phi) is 7.53. The predicted molar refractivity (Wildman–Crippen MR) is 142 cm³/mol. The highest BCUT2D eigenvalue weighted by Crippen LogP contribution is 2.29. The van der Waals surface area contributed by atoms with Gasteiger partial charge in [0.2, 0.25) is 0 Å². The fourth-order valence-corrected chi connectivity index (χ4v) is 6.18. The van der Waals surface area contributed by atoms with E-state index in [2.05, 4.69) is 28.2 Å². The fraction of sp³-hybridized carbons (Fsp3) is 0.321. The third-order valence-corrected chi connectivity index (χ3v) is 8.46. The van der Waals surface area contributed by atoms with Crippen molar-refractivity contribution in [3.63, 3.8) is 0 Å². The zero-order valence-electron chi connectivity index (χ0n) is 20.3. The SMILES string of the molecule is CC[C@H](NC(=O)c1ccc(Cl)c(S(=O)(=O)Nc2cc(C)ccc2C)c1)c1ccc2c(c1)CCCC2. The zero-order valence-corrected chi connectivity index (χ0v) is 21.9. The molecule has 0 fully saturated rings. The molecule has 4 rings (SSSR count). The maximum atomic E-state index is 13.2. The van der Waals surface area contributed by atoms with Crippen molar-refractivity contribution in [1.82, 2.24) is 5.32 Å². The van der Waals surface area contributed by atoms with Crippen LogP contribution >= 0.6 is 11.6 Å². The Balaban J connectivity index is 1.57. The van der Waals surface area contributed by atoms with Crippen molar-refractivity contribution in [3.8, 4) is 0 Å². The number of sulfonamides is 1. The first-order chi connectivity index (χ1) is 16.7. The molecule has 1 atom stereocenters. The van der Waals surface area contributed by atoms with Gasteiger partial charge in [0.05, 0.1) is 16.8 Å². The smallest absolute Gasteiger partial charge is 0.263 e. The molecule has 0 aliphatic heterocycles. The molecule has 0 radical (unpaired) electrons. The standard InChI is InChI=1S/C28H31ClN2O3S/c1-4-25(22-12-11-20-7-5-6-8-21(20)16-22)30-28(32)23-13-14-24(29)27(17-23)35(33,34)31-26-15-18(2)9-10-19(26)3/h9-17,25,31H,4-8H2,1-3H3,(H,30,32)/t25-/m0/s1. The van der Waals surface area contributed by atoms with Gasteiger partial charge in [-0.1, -0.05) is 48.9 Å². The van der Waals surface area contributed by atoms with Gasteiger partial charge < -0.3 is 5.32 Å². The molecule has 0 spiro atoms. The van der Waals surface area contributed by atoms with E-state index >= 15 is 0 Å². The van der Waals surface area contributed by atoms with E-state index < -0.39 is 10.0 Å². The van der Waals surface area contributed by atoms with E-state index in [-0.39, 0.29) is 27.4 Å². The Morgan fingerprint density at radius 1 is 0.971 bits per heavy atom. The van der Waals surface area contributed by atoms with Crippen molar-refractivity contribution < 1.29 is 13.2 Å².